The maximum Gasteiger partial charge on any atom is 0.407 e. The SMILES string of the molecule is C[C@@H]1CCN(C(=O)CC#N)C[C@@H]1N(C)c1ncnc2c1ccn2C(=O)NCC(=O)NCCCCNC(=O)OC(C)(C)C. The lowest BCUT2D eigenvalue weighted by molar-refractivity contribution is -0.131. The standard InChI is InChI=1S/C28H41N9O5/c1-19-9-14-36(23(39)8-11-29)17-21(19)35(5)24-20-10-15-37(25(20)34-18-33-24)26(40)32-16-22(38)30-12-6-7-13-31-27(41)42-28(2,3)4/h10,15,18-19,21H,6-9,12-14,16-17H2,1-5H3,(H,30,38)(H,31,41)(H,32,40)/t19-,21+/m1/s1. The number of carbonyl (C=O) groups is 4. The van der Waals surface area contributed by atoms with E-state index in [2.05, 4.69) is 32.8 Å². The molecule has 2 aromatic heterocycles. The van der Waals surface area contributed by atoms with Crippen molar-refractivity contribution < 1.29 is 23.9 Å². The van der Waals surface area contributed by atoms with Crippen molar-refractivity contribution in [1.82, 2.24) is 35.4 Å². The van der Waals surface area contributed by atoms with Crippen molar-refractivity contribution in [2.45, 2.75) is 65.0 Å². The molecule has 1 aliphatic heterocycles. The topological polar surface area (TPSA) is 175 Å². The second kappa shape index (κ2) is 14.5. The smallest absolute Gasteiger partial charge is 0.407 e. The lowest BCUT2D eigenvalue weighted by Gasteiger charge is -2.42. The number of aromatic nitrogens is 3. The van der Waals surface area contributed by atoms with Crippen LogP contribution in [0.25, 0.3) is 11.0 Å². The summed E-state index contributed by atoms with van der Waals surface area (Å²) in [4.78, 5) is 61.6. The average molecular weight is 584 g/mol. The van der Waals surface area contributed by atoms with Gasteiger partial charge < -0.3 is 30.5 Å². The Labute approximate surface area is 245 Å². The van der Waals surface area contributed by atoms with Crippen molar-refractivity contribution in [3.05, 3.63) is 18.6 Å². The molecule has 14 heteroatoms. The maximum atomic E-state index is 12.9. The van der Waals surface area contributed by atoms with E-state index in [1.54, 1.807) is 37.9 Å². The Morgan fingerprint density at radius 1 is 1.14 bits per heavy atom. The Morgan fingerprint density at radius 2 is 1.86 bits per heavy atom. The number of unbranched alkanes of at least 4 members (excludes halogenated alkanes) is 1. The second-order valence-electron chi connectivity index (χ2n) is 11.4. The van der Waals surface area contributed by atoms with Gasteiger partial charge in [-0.3, -0.25) is 14.2 Å². The molecule has 0 saturated carbocycles. The van der Waals surface area contributed by atoms with Crippen molar-refractivity contribution >= 4 is 40.8 Å². The molecule has 1 saturated heterocycles. The van der Waals surface area contributed by atoms with Crippen LogP contribution in [0.3, 0.4) is 0 Å². The molecule has 0 radical (unpaired) electrons. The second-order valence-corrected chi connectivity index (χ2v) is 11.4. The van der Waals surface area contributed by atoms with E-state index in [4.69, 9.17) is 10.00 Å². The molecule has 2 aromatic rings. The van der Waals surface area contributed by atoms with Gasteiger partial charge in [-0.1, -0.05) is 6.92 Å². The highest BCUT2D eigenvalue weighted by molar-refractivity contribution is 5.95. The summed E-state index contributed by atoms with van der Waals surface area (Å²) in [6, 6.07) is 3.13. The van der Waals surface area contributed by atoms with Crippen molar-refractivity contribution in [1.29, 1.82) is 5.26 Å². The molecule has 14 nitrogen and oxygen atoms in total. The fourth-order valence-corrected chi connectivity index (χ4v) is 4.79. The van der Waals surface area contributed by atoms with Gasteiger partial charge in [0.05, 0.1) is 24.0 Å². The Balaban J connectivity index is 1.51. The Bertz CT molecular complexity index is 1310. The summed E-state index contributed by atoms with van der Waals surface area (Å²) in [5.74, 6) is 0.377. The molecule has 42 heavy (non-hydrogen) atoms. The largest absolute Gasteiger partial charge is 0.444 e. The fraction of sp³-hybridized carbons (Fsp3) is 0.607. The van der Waals surface area contributed by atoms with Gasteiger partial charge in [-0.15, -0.1) is 0 Å². The predicted molar refractivity (Wildman–Crippen MR) is 156 cm³/mol. The number of hydrogen-bond donors (Lipinski definition) is 3. The van der Waals surface area contributed by atoms with Crippen LogP contribution >= 0.6 is 0 Å². The number of alkyl carbamates (subject to hydrolysis) is 1. The number of likely N-dealkylation sites (tertiary alicyclic amines) is 1. The summed E-state index contributed by atoms with van der Waals surface area (Å²) in [5.41, 5.74) is -0.164. The van der Waals surface area contributed by atoms with E-state index in [0.29, 0.717) is 55.9 Å². The molecule has 1 fully saturated rings. The van der Waals surface area contributed by atoms with E-state index in [1.807, 2.05) is 18.0 Å². The molecule has 0 spiro atoms. The minimum atomic E-state index is -0.556. The van der Waals surface area contributed by atoms with Crippen LogP contribution in [-0.2, 0) is 14.3 Å². The summed E-state index contributed by atoms with van der Waals surface area (Å²) in [6.07, 6.45) is 4.44. The maximum absolute atomic E-state index is 12.9. The van der Waals surface area contributed by atoms with Crippen LogP contribution in [0.2, 0.25) is 0 Å². The number of nitriles is 1. The molecule has 2 atom stereocenters. The molecular weight excluding hydrogens is 542 g/mol. The Kier molecular flexibility index (Phi) is 11.1. The number of likely N-dealkylation sites (N-methyl/N-ethyl adjacent to an activating group) is 1. The molecule has 0 aromatic carbocycles. The number of amides is 4. The van der Waals surface area contributed by atoms with Gasteiger partial charge in [0.1, 0.15) is 24.2 Å². The minimum absolute atomic E-state index is 0.0338. The molecule has 3 heterocycles. The van der Waals surface area contributed by atoms with Crippen molar-refractivity contribution in [3.8, 4) is 6.07 Å². The number of carbonyl (C=O) groups excluding carboxylic acids is 4. The van der Waals surface area contributed by atoms with Gasteiger partial charge in [0.15, 0.2) is 5.65 Å². The first kappa shape index (κ1) is 32.1. The van der Waals surface area contributed by atoms with Crippen LogP contribution in [0.15, 0.2) is 18.6 Å². The summed E-state index contributed by atoms with van der Waals surface area (Å²) in [7, 11) is 1.90. The summed E-state index contributed by atoms with van der Waals surface area (Å²) in [5, 5.41) is 17.6. The zero-order valence-electron chi connectivity index (χ0n) is 25.0. The third kappa shape index (κ3) is 8.79. The molecular formula is C28H41N9O5. The van der Waals surface area contributed by atoms with Crippen molar-refractivity contribution in [2.24, 2.45) is 5.92 Å². The molecule has 4 amide bonds. The van der Waals surface area contributed by atoms with Crippen LogP contribution in [0.5, 0.6) is 0 Å². The zero-order chi connectivity index (χ0) is 30.9. The first-order valence-electron chi connectivity index (χ1n) is 14.1. The van der Waals surface area contributed by atoms with Crippen molar-refractivity contribution in [3.63, 3.8) is 0 Å². The number of hydrogen-bond acceptors (Lipinski definition) is 9. The number of nitrogens with zero attached hydrogens (tertiary/aromatic N) is 6. The first-order valence-corrected chi connectivity index (χ1v) is 14.1. The van der Waals surface area contributed by atoms with Crippen LogP contribution in [0.4, 0.5) is 15.4 Å². The normalized spacial score (nSPS) is 16.8. The molecule has 3 N–H and O–H groups in total. The highest BCUT2D eigenvalue weighted by Gasteiger charge is 2.33. The number of nitrogens with one attached hydrogen (secondary N) is 3. The van der Waals surface area contributed by atoms with Crippen LogP contribution in [0.1, 0.15) is 53.4 Å². The van der Waals surface area contributed by atoms with Crippen LogP contribution in [0, 0.1) is 17.2 Å². The van der Waals surface area contributed by atoms with Gasteiger partial charge in [-0.25, -0.2) is 19.6 Å². The van der Waals surface area contributed by atoms with E-state index in [1.165, 1.54) is 10.9 Å². The van der Waals surface area contributed by atoms with E-state index >= 15 is 0 Å². The van der Waals surface area contributed by atoms with Crippen LogP contribution < -0.4 is 20.9 Å². The molecule has 228 valence electrons. The van der Waals surface area contributed by atoms with Gasteiger partial charge in [-0.05, 0) is 52.0 Å². The zero-order valence-corrected chi connectivity index (χ0v) is 25.0. The lowest BCUT2D eigenvalue weighted by Crippen LogP contribution is -2.52. The molecule has 0 aliphatic carbocycles. The highest BCUT2D eigenvalue weighted by atomic mass is 16.6. The number of piperidine rings is 1. The first-order chi connectivity index (χ1) is 19.9. The Morgan fingerprint density at radius 3 is 2.55 bits per heavy atom. The minimum Gasteiger partial charge on any atom is -0.444 e. The van der Waals surface area contributed by atoms with Crippen LogP contribution in [-0.4, -0.2) is 94.8 Å². The highest BCUT2D eigenvalue weighted by Crippen LogP contribution is 2.29. The number of ether oxygens (including phenoxy) is 1. The van der Waals surface area contributed by atoms with Gasteiger partial charge in [0.25, 0.3) is 0 Å². The summed E-state index contributed by atoms with van der Waals surface area (Å²) in [6.45, 7) is 9.20. The van der Waals surface area contributed by atoms with E-state index in [-0.39, 0.29) is 36.7 Å². The third-order valence-electron chi connectivity index (χ3n) is 7.01. The van der Waals surface area contributed by atoms with E-state index < -0.39 is 17.7 Å². The third-order valence-corrected chi connectivity index (χ3v) is 7.01. The van der Waals surface area contributed by atoms with Gasteiger partial charge >= 0.3 is 12.1 Å². The molecule has 0 unspecified atom stereocenters. The van der Waals surface area contributed by atoms with Gasteiger partial charge in [0.2, 0.25) is 11.8 Å². The molecule has 1 aliphatic rings. The van der Waals surface area contributed by atoms with Crippen molar-refractivity contribution in [2.75, 3.05) is 44.7 Å². The fourth-order valence-electron chi connectivity index (χ4n) is 4.79. The quantitative estimate of drug-likeness (QED) is 0.353. The average Bonchev–Trinajstić information content (AvgIpc) is 3.37. The lowest BCUT2D eigenvalue weighted by atomic mass is 9.92. The number of anilines is 1. The van der Waals surface area contributed by atoms with Gasteiger partial charge in [-0.2, -0.15) is 5.26 Å². The summed E-state index contributed by atoms with van der Waals surface area (Å²) < 4.78 is 6.50. The molecule has 3 rings (SSSR count). The van der Waals surface area contributed by atoms with E-state index in [0.717, 1.165) is 6.42 Å². The van der Waals surface area contributed by atoms with Gasteiger partial charge in [0, 0.05) is 39.4 Å². The number of fused-ring (bicyclic) bond motifs is 1. The summed E-state index contributed by atoms with van der Waals surface area (Å²) >= 11 is 0. The monoisotopic (exact) mass is 583 g/mol. The molecule has 0 bridgehead atoms. The number of rotatable bonds is 10. The van der Waals surface area contributed by atoms with E-state index in [9.17, 15) is 19.2 Å². The Hall–Kier alpha value is -4.41. The predicted octanol–water partition coefficient (Wildman–Crippen LogP) is 2.00.